The van der Waals surface area contributed by atoms with Crippen molar-refractivity contribution in [1.82, 2.24) is 5.32 Å². The Kier molecular flexibility index (Phi) is 4.94. The van der Waals surface area contributed by atoms with Crippen LogP contribution in [0.2, 0.25) is 0 Å². The second-order valence-electron chi connectivity index (χ2n) is 5.36. The fraction of sp³-hybridized carbons (Fsp3) is 0.412. The molecule has 3 atom stereocenters. The number of hydrogen-bond donors (Lipinski definition) is 2. The molecule has 1 aromatic rings. The van der Waals surface area contributed by atoms with Gasteiger partial charge in [0.15, 0.2) is 0 Å². The Morgan fingerprint density at radius 2 is 2.16 bits per heavy atom. The molecule has 0 aromatic heterocycles. The zero-order valence-corrected chi connectivity index (χ0v) is 11.5. The van der Waals surface area contributed by atoms with Crippen molar-refractivity contribution in [3.8, 4) is 0 Å². The number of nitrogens with one attached hydrogen (secondary N) is 1. The molecule has 1 aliphatic heterocycles. The number of aliphatic hydroxyl groups excluding tert-OH is 1. The Hall–Kier alpha value is -1.38. The normalized spacial score (nSPS) is 25.3. The summed E-state index contributed by atoms with van der Waals surface area (Å²) in [6.07, 6.45) is 6.67. The highest BCUT2D eigenvalue weighted by Crippen LogP contribution is 2.27. The average Bonchev–Trinajstić information content (AvgIpc) is 2.87. The first kappa shape index (κ1) is 14.0. The summed E-state index contributed by atoms with van der Waals surface area (Å²) in [5, 5.41) is 13.9. The van der Waals surface area contributed by atoms with Gasteiger partial charge < -0.3 is 10.4 Å². The molecule has 102 valence electrons. The van der Waals surface area contributed by atoms with Crippen LogP contribution in [0.15, 0.2) is 54.6 Å². The lowest BCUT2D eigenvalue weighted by Crippen LogP contribution is -2.34. The number of aliphatic hydroxyl groups is 1. The molecule has 1 aromatic carbocycles. The lowest BCUT2D eigenvalue weighted by Gasteiger charge is -2.20. The van der Waals surface area contributed by atoms with E-state index in [0.717, 1.165) is 24.8 Å². The van der Waals surface area contributed by atoms with Gasteiger partial charge in [0.05, 0.1) is 6.10 Å². The van der Waals surface area contributed by atoms with Crippen molar-refractivity contribution in [2.45, 2.75) is 44.4 Å². The van der Waals surface area contributed by atoms with E-state index in [1.54, 1.807) is 0 Å². The first-order chi connectivity index (χ1) is 9.20. The molecule has 0 saturated carbocycles. The fourth-order valence-corrected chi connectivity index (χ4v) is 2.80. The van der Waals surface area contributed by atoms with Crippen LogP contribution >= 0.6 is 0 Å². The van der Waals surface area contributed by atoms with Crippen molar-refractivity contribution in [2.75, 3.05) is 0 Å². The maximum absolute atomic E-state index is 10.4. The first-order valence-electron chi connectivity index (χ1n) is 6.98. The molecular weight excluding hydrogens is 234 g/mol. The average molecular weight is 257 g/mol. The van der Waals surface area contributed by atoms with Crippen molar-refractivity contribution in [3.05, 3.63) is 60.2 Å². The predicted octanol–water partition coefficient (Wildman–Crippen LogP) is 3.36. The molecular formula is C17H23NO. The quantitative estimate of drug-likeness (QED) is 0.793. The molecule has 2 rings (SSSR count). The second kappa shape index (κ2) is 6.69. The Bertz CT molecular complexity index is 438. The van der Waals surface area contributed by atoms with Crippen molar-refractivity contribution in [2.24, 2.45) is 0 Å². The summed E-state index contributed by atoms with van der Waals surface area (Å²) in [5.41, 5.74) is 2.33. The van der Waals surface area contributed by atoms with Crippen LogP contribution in [0.1, 0.15) is 37.9 Å². The highest BCUT2D eigenvalue weighted by molar-refractivity contribution is 5.19. The topological polar surface area (TPSA) is 32.3 Å². The van der Waals surface area contributed by atoms with Crippen LogP contribution in [0.5, 0.6) is 0 Å². The van der Waals surface area contributed by atoms with Gasteiger partial charge >= 0.3 is 0 Å². The molecule has 3 unspecified atom stereocenters. The Labute approximate surface area is 115 Å². The van der Waals surface area contributed by atoms with Gasteiger partial charge in [-0.25, -0.2) is 0 Å². The second-order valence-corrected chi connectivity index (χ2v) is 5.36. The van der Waals surface area contributed by atoms with Crippen LogP contribution < -0.4 is 5.32 Å². The molecule has 2 nitrogen and oxygen atoms in total. The van der Waals surface area contributed by atoms with Gasteiger partial charge in [0.2, 0.25) is 0 Å². The SMILES string of the molecule is C=CC=C(C)CC1CCC(C(O)c2ccccc2)N1. The monoisotopic (exact) mass is 257 g/mol. The molecule has 1 fully saturated rings. The van der Waals surface area contributed by atoms with E-state index in [-0.39, 0.29) is 6.04 Å². The van der Waals surface area contributed by atoms with E-state index in [1.165, 1.54) is 5.57 Å². The molecule has 2 heteroatoms. The van der Waals surface area contributed by atoms with E-state index >= 15 is 0 Å². The van der Waals surface area contributed by atoms with Crippen LogP contribution in [0.3, 0.4) is 0 Å². The Morgan fingerprint density at radius 3 is 2.84 bits per heavy atom. The molecule has 19 heavy (non-hydrogen) atoms. The third kappa shape index (κ3) is 3.79. The molecule has 0 amide bonds. The summed E-state index contributed by atoms with van der Waals surface area (Å²) in [6, 6.07) is 10.5. The van der Waals surface area contributed by atoms with Gasteiger partial charge in [0, 0.05) is 12.1 Å². The third-order valence-corrected chi connectivity index (χ3v) is 3.77. The van der Waals surface area contributed by atoms with Gasteiger partial charge in [-0.05, 0) is 31.7 Å². The molecule has 0 aliphatic carbocycles. The summed E-state index contributed by atoms with van der Waals surface area (Å²) in [7, 11) is 0. The van der Waals surface area contributed by atoms with Crippen molar-refractivity contribution in [1.29, 1.82) is 0 Å². The van der Waals surface area contributed by atoms with Crippen LogP contribution in [0, 0.1) is 0 Å². The molecule has 0 bridgehead atoms. The van der Waals surface area contributed by atoms with Gasteiger partial charge in [-0.3, -0.25) is 0 Å². The fourth-order valence-electron chi connectivity index (χ4n) is 2.80. The van der Waals surface area contributed by atoms with Crippen LogP contribution in [0.25, 0.3) is 0 Å². The lowest BCUT2D eigenvalue weighted by molar-refractivity contribution is 0.135. The van der Waals surface area contributed by atoms with E-state index in [2.05, 4.69) is 24.9 Å². The highest BCUT2D eigenvalue weighted by atomic mass is 16.3. The standard InChI is InChI=1S/C17H23NO/c1-3-7-13(2)12-15-10-11-16(18-15)17(19)14-8-5-4-6-9-14/h3-9,15-19H,1,10-12H2,2H3. The zero-order valence-electron chi connectivity index (χ0n) is 11.5. The third-order valence-electron chi connectivity index (χ3n) is 3.77. The zero-order chi connectivity index (χ0) is 13.7. The summed E-state index contributed by atoms with van der Waals surface area (Å²) < 4.78 is 0. The number of hydrogen-bond acceptors (Lipinski definition) is 2. The lowest BCUT2D eigenvalue weighted by atomic mass is 10.0. The molecule has 2 N–H and O–H groups in total. The highest BCUT2D eigenvalue weighted by Gasteiger charge is 2.29. The minimum atomic E-state index is -0.408. The maximum atomic E-state index is 10.4. The van der Waals surface area contributed by atoms with Crippen LogP contribution in [-0.4, -0.2) is 17.2 Å². The molecule has 0 spiro atoms. The molecule has 1 aliphatic rings. The molecule has 0 radical (unpaired) electrons. The van der Waals surface area contributed by atoms with Crippen LogP contribution in [-0.2, 0) is 0 Å². The van der Waals surface area contributed by atoms with E-state index in [4.69, 9.17) is 0 Å². The Morgan fingerprint density at radius 1 is 1.42 bits per heavy atom. The van der Waals surface area contributed by atoms with Gasteiger partial charge in [-0.15, -0.1) is 0 Å². The van der Waals surface area contributed by atoms with Gasteiger partial charge in [0.1, 0.15) is 0 Å². The van der Waals surface area contributed by atoms with E-state index in [9.17, 15) is 5.11 Å². The van der Waals surface area contributed by atoms with Crippen LogP contribution in [0.4, 0.5) is 0 Å². The summed E-state index contributed by atoms with van der Waals surface area (Å²) in [4.78, 5) is 0. The van der Waals surface area contributed by atoms with Gasteiger partial charge in [0.25, 0.3) is 0 Å². The molecule has 1 saturated heterocycles. The number of benzene rings is 1. The van der Waals surface area contributed by atoms with E-state index in [0.29, 0.717) is 6.04 Å². The van der Waals surface area contributed by atoms with E-state index < -0.39 is 6.10 Å². The minimum Gasteiger partial charge on any atom is -0.387 e. The first-order valence-corrected chi connectivity index (χ1v) is 6.98. The summed E-state index contributed by atoms with van der Waals surface area (Å²) in [5.74, 6) is 0. The van der Waals surface area contributed by atoms with E-state index in [1.807, 2.05) is 36.4 Å². The van der Waals surface area contributed by atoms with Gasteiger partial charge in [-0.1, -0.05) is 54.6 Å². The minimum absolute atomic E-state index is 0.170. The van der Waals surface area contributed by atoms with Crippen molar-refractivity contribution in [3.63, 3.8) is 0 Å². The summed E-state index contributed by atoms with van der Waals surface area (Å²) >= 11 is 0. The smallest absolute Gasteiger partial charge is 0.0943 e. The largest absolute Gasteiger partial charge is 0.387 e. The number of rotatable bonds is 5. The van der Waals surface area contributed by atoms with Gasteiger partial charge in [-0.2, -0.15) is 0 Å². The van der Waals surface area contributed by atoms with Crippen molar-refractivity contribution < 1.29 is 5.11 Å². The Balaban J connectivity index is 1.91. The predicted molar refractivity (Wildman–Crippen MR) is 79.9 cm³/mol. The maximum Gasteiger partial charge on any atom is 0.0943 e. The number of allylic oxidation sites excluding steroid dienone is 2. The van der Waals surface area contributed by atoms with Crippen molar-refractivity contribution >= 4 is 0 Å². The summed E-state index contributed by atoms with van der Waals surface area (Å²) in [6.45, 7) is 5.85. The molecule has 1 heterocycles.